The second kappa shape index (κ2) is 4.56. The van der Waals surface area contributed by atoms with Crippen molar-refractivity contribution in [3.8, 4) is 0 Å². The summed E-state index contributed by atoms with van der Waals surface area (Å²) in [5.74, 6) is 0.0438. The molecule has 0 aliphatic rings. The van der Waals surface area contributed by atoms with Gasteiger partial charge in [-0.1, -0.05) is 12.1 Å². The number of para-hydroxylation sites is 1. The summed E-state index contributed by atoms with van der Waals surface area (Å²) in [4.78, 5) is 11.2. The van der Waals surface area contributed by atoms with Crippen LogP contribution in [0.1, 0.15) is 15.9 Å². The molecule has 0 unspecified atom stereocenters. The van der Waals surface area contributed by atoms with Gasteiger partial charge in [-0.2, -0.15) is 5.10 Å². The predicted octanol–water partition coefficient (Wildman–Crippen LogP) is 0.703. The Balaban J connectivity index is 2.14. The fourth-order valence-corrected chi connectivity index (χ4v) is 1.50. The average molecular weight is 231 g/mol. The fourth-order valence-electron chi connectivity index (χ4n) is 1.50. The molecule has 0 aliphatic heterocycles. The first kappa shape index (κ1) is 11.0. The molecule has 2 aromatic rings. The Hall–Kier alpha value is -2.50. The van der Waals surface area contributed by atoms with Crippen LogP contribution in [0.5, 0.6) is 0 Å². The number of nitrogens with zero attached hydrogens (tertiary/aromatic N) is 1. The van der Waals surface area contributed by atoms with E-state index in [1.54, 1.807) is 24.4 Å². The highest BCUT2D eigenvalue weighted by Gasteiger charge is 2.07. The fraction of sp³-hybridized carbons (Fsp3) is 0.0909. The maximum atomic E-state index is 11.2. The van der Waals surface area contributed by atoms with Crippen molar-refractivity contribution in [1.29, 1.82) is 0 Å². The molecule has 1 heterocycles. The van der Waals surface area contributed by atoms with Crippen LogP contribution in [0.2, 0.25) is 0 Å². The van der Waals surface area contributed by atoms with Crippen LogP contribution in [0.15, 0.2) is 30.5 Å². The third-order valence-corrected chi connectivity index (χ3v) is 2.41. The maximum Gasteiger partial charge on any atom is 0.250 e. The zero-order valence-corrected chi connectivity index (χ0v) is 9.10. The van der Waals surface area contributed by atoms with Crippen LogP contribution in [0, 0.1) is 0 Å². The molecule has 0 fully saturated rings. The summed E-state index contributed by atoms with van der Waals surface area (Å²) in [6.07, 6.45) is 1.63. The molecule has 6 heteroatoms. The second-order valence-corrected chi connectivity index (χ2v) is 3.57. The van der Waals surface area contributed by atoms with E-state index in [2.05, 4.69) is 15.5 Å². The number of nitrogen functional groups attached to an aromatic ring is 1. The standard InChI is InChI=1S/C11H13N5O/c12-10-7(6-15-16-10)5-14-9-4-2-1-3-8(9)11(13)17/h1-4,6,14H,5H2,(H2,13,17)(H3,12,15,16). The highest BCUT2D eigenvalue weighted by Crippen LogP contribution is 2.16. The molecule has 0 radical (unpaired) electrons. The van der Waals surface area contributed by atoms with Gasteiger partial charge in [-0.25, -0.2) is 0 Å². The number of nitrogens with two attached hydrogens (primary N) is 2. The van der Waals surface area contributed by atoms with E-state index < -0.39 is 5.91 Å². The van der Waals surface area contributed by atoms with E-state index in [0.29, 0.717) is 23.6 Å². The first-order valence-corrected chi connectivity index (χ1v) is 5.09. The van der Waals surface area contributed by atoms with E-state index >= 15 is 0 Å². The zero-order chi connectivity index (χ0) is 12.3. The van der Waals surface area contributed by atoms with Crippen molar-refractivity contribution in [2.45, 2.75) is 6.54 Å². The normalized spacial score (nSPS) is 10.1. The van der Waals surface area contributed by atoms with E-state index in [1.807, 2.05) is 6.07 Å². The Morgan fingerprint density at radius 2 is 2.18 bits per heavy atom. The number of H-pyrrole nitrogens is 1. The Morgan fingerprint density at radius 3 is 2.82 bits per heavy atom. The Morgan fingerprint density at radius 1 is 1.41 bits per heavy atom. The van der Waals surface area contributed by atoms with Crippen LogP contribution in [0.4, 0.5) is 11.5 Å². The SMILES string of the molecule is NC(=O)c1ccccc1NCc1cn[nH]c1N. The molecule has 88 valence electrons. The number of aromatic nitrogens is 2. The molecule has 0 saturated heterocycles. The molecular formula is C11H13N5O. The lowest BCUT2D eigenvalue weighted by atomic mass is 10.1. The Labute approximate surface area is 98.0 Å². The van der Waals surface area contributed by atoms with Crippen LogP contribution in [-0.2, 0) is 6.54 Å². The third kappa shape index (κ3) is 2.36. The zero-order valence-electron chi connectivity index (χ0n) is 9.10. The molecule has 0 aliphatic carbocycles. The van der Waals surface area contributed by atoms with Crippen molar-refractivity contribution in [3.63, 3.8) is 0 Å². The first-order chi connectivity index (χ1) is 8.18. The minimum Gasteiger partial charge on any atom is -0.384 e. The van der Waals surface area contributed by atoms with Gasteiger partial charge in [0.25, 0.3) is 5.91 Å². The molecule has 0 saturated carbocycles. The number of primary amides is 1. The summed E-state index contributed by atoms with van der Waals surface area (Å²) in [6, 6.07) is 7.05. The number of carbonyl (C=O) groups excluding carboxylic acids is 1. The predicted molar refractivity (Wildman–Crippen MR) is 65.3 cm³/mol. The summed E-state index contributed by atoms with van der Waals surface area (Å²) >= 11 is 0. The molecule has 1 amide bonds. The van der Waals surface area contributed by atoms with Crippen LogP contribution in [0.3, 0.4) is 0 Å². The number of carbonyl (C=O) groups is 1. The van der Waals surface area contributed by atoms with Crippen molar-refractivity contribution in [1.82, 2.24) is 10.2 Å². The minimum absolute atomic E-state index is 0.453. The van der Waals surface area contributed by atoms with E-state index in [1.165, 1.54) is 0 Å². The summed E-state index contributed by atoms with van der Waals surface area (Å²) < 4.78 is 0. The number of aromatic amines is 1. The van der Waals surface area contributed by atoms with Gasteiger partial charge in [0.2, 0.25) is 0 Å². The second-order valence-electron chi connectivity index (χ2n) is 3.57. The van der Waals surface area contributed by atoms with Gasteiger partial charge in [0.05, 0.1) is 11.8 Å². The maximum absolute atomic E-state index is 11.2. The van der Waals surface area contributed by atoms with Gasteiger partial charge < -0.3 is 16.8 Å². The lowest BCUT2D eigenvalue weighted by molar-refractivity contribution is 0.100. The average Bonchev–Trinajstić information content (AvgIpc) is 2.72. The molecular weight excluding hydrogens is 218 g/mol. The number of nitrogens with one attached hydrogen (secondary N) is 2. The van der Waals surface area contributed by atoms with Crippen molar-refractivity contribution in [3.05, 3.63) is 41.6 Å². The highest BCUT2D eigenvalue weighted by molar-refractivity contribution is 5.98. The molecule has 6 nitrogen and oxygen atoms in total. The number of hydrogen-bond acceptors (Lipinski definition) is 4. The van der Waals surface area contributed by atoms with Gasteiger partial charge >= 0.3 is 0 Å². The Kier molecular flexibility index (Phi) is 2.95. The van der Waals surface area contributed by atoms with E-state index in [4.69, 9.17) is 11.5 Å². The van der Waals surface area contributed by atoms with Crippen LogP contribution < -0.4 is 16.8 Å². The largest absolute Gasteiger partial charge is 0.384 e. The third-order valence-electron chi connectivity index (χ3n) is 2.41. The van der Waals surface area contributed by atoms with Crippen molar-refractivity contribution < 1.29 is 4.79 Å². The van der Waals surface area contributed by atoms with Gasteiger partial charge in [-0.15, -0.1) is 0 Å². The summed E-state index contributed by atoms with van der Waals surface area (Å²) in [6.45, 7) is 0.479. The number of benzene rings is 1. The number of hydrogen-bond donors (Lipinski definition) is 4. The van der Waals surface area contributed by atoms with Crippen molar-refractivity contribution >= 4 is 17.4 Å². The van der Waals surface area contributed by atoms with Crippen LogP contribution in [-0.4, -0.2) is 16.1 Å². The lowest BCUT2D eigenvalue weighted by Crippen LogP contribution is -2.14. The summed E-state index contributed by atoms with van der Waals surface area (Å²) in [5.41, 5.74) is 12.9. The summed E-state index contributed by atoms with van der Waals surface area (Å²) in [5, 5.41) is 9.55. The number of anilines is 2. The van der Waals surface area contributed by atoms with Gasteiger partial charge in [0.15, 0.2) is 0 Å². The van der Waals surface area contributed by atoms with Crippen LogP contribution >= 0.6 is 0 Å². The molecule has 1 aromatic carbocycles. The summed E-state index contributed by atoms with van der Waals surface area (Å²) in [7, 11) is 0. The first-order valence-electron chi connectivity index (χ1n) is 5.09. The molecule has 0 bridgehead atoms. The molecule has 6 N–H and O–H groups in total. The van der Waals surface area contributed by atoms with Gasteiger partial charge in [0, 0.05) is 17.8 Å². The Bertz CT molecular complexity index is 534. The quantitative estimate of drug-likeness (QED) is 0.620. The lowest BCUT2D eigenvalue weighted by Gasteiger charge is -2.08. The topological polar surface area (TPSA) is 110 Å². The minimum atomic E-state index is -0.465. The monoisotopic (exact) mass is 231 g/mol. The van der Waals surface area contributed by atoms with Gasteiger partial charge in [-0.05, 0) is 12.1 Å². The van der Waals surface area contributed by atoms with Gasteiger partial charge in [-0.3, -0.25) is 9.89 Å². The smallest absolute Gasteiger partial charge is 0.250 e. The van der Waals surface area contributed by atoms with E-state index in [0.717, 1.165) is 5.56 Å². The van der Waals surface area contributed by atoms with Crippen LogP contribution in [0.25, 0.3) is 0 Å². The molecule has 0 atom stereocenters. The highest BCUT2D eigenvalue weighted by atomic mass is 16.1. The number of rotatable bonds is 4. The number of amides is 1. The molecule has 1 aromatic heterocycles. The molecule has 17 heavy (non-hydrogen) atoms. The van der Waals surface area contributed by atoms with Crippen molar-refractivity contribution in [2.75, 3.05) is 11.1 Å². The molecule has 2 rings (SSSR count). The van der Waals surface area contributed by atoms with Crippen molar-refractivity contribution in [2.24, 2.45) is 5.73 Å². The van der Waals surface area contributed by atoms with E-state index in [9.17, 15) is 4.79 Å². The molecule has 0 spiro atoms. The van der Waals surface area contributed by atoms with E-state index in [-0.39, 0.29) is 0 Å². The van der Waals surface area contributed by atoms with Gasteiger partial charge in [0.1, 0.15) is 5.82 Å².